The lowest BCUT2D eigenvalue weighted by Crippen LogP contribution is -2.30. The van der Waals surface area contributed by atoms with Gasteiger partial charge in [0.1, 0.15) is 0 Å². The molecule has 0 saturated carbocycles. The van der Waals surface area contributed by atoms with E-state index in [1.807, 2.05) is 0 Å². The van der Waals surface area contributed by atoms with Crippen LogP contribution in [0.2, 0.25) is 0 Å². The minimum atomic E-state index is -3.48. The summed E-state index contributed by atoms with van der Waals surface area (Å²) in [6, 6.07) is 1.43. The second-order valence-electron chi connectivity index (χ2n) is 2.93. The number of halogens is 1. The van der Waals surface area contributed by atoms with E-state index in [0.29, 0.717) is 0 Å². The maximum absolute atomic E-state index is 11.6. The molecule has 0 aliphatic carbocycles. The van der Waals surface area contributed by atoms with Crippen molar-refractivity contribution in [1.29, 1.82) is 0 Å². The molecule has 1 N–H and O–H groups in total. The zero-order valence-electron chi connectivity index (χ0n) is 7.94. The highest BCUT2D eigenvalue weighted by Crippen LogP contribution is 2.05. The summed E-state index contributed by atoms with van der Waals surface area (Å²) >= 11 is 5.64. The Morgan fingerprint density at radius 2 is 2.36 bits per heavy atom. The molecule has 1 aromatic rings. The molecule has 0 spiro atoms. The number of aryl methyl sites for hydroxylation is 1. The molecule has 0 bridgehead atoms. The van der Waals surface area contributed by atoms with Gasteiger partial charge in [-0.05, 0) is 13.0 Å². The summed E-state index contributed by atoms with van der Waals surface area (Å²) in [5, 5.41) is 3.67. The van der Waals surface area contributed by atoms with Crippen LogP contribution in [0.15, 0.2) is 17.3 Å². The molecule has 5 nitrogen and oxygen atoms in total. The lowest BCUT2D eigenvalue weighted by Gasteiger charge is -2.07. The molecule has 7 heteroatoms. The fourth-order valence-electron chi connectivity index (χ4n) is 0.924. The van der Waals surface area contributed by atoms with Crippen molar-refractivity contribution in [1.82, 2.24) is 14.5 Å². The number of hydrogen-bond acceptors (Lipinski definition) is 3. The molecule has 0 radical (unpaired) electrons. The molecule has 1 unspecified atom stereocenters. The Morgan fingerprint density at radius 1 is 1.71 bits per heavy atom. The Kier molecular flexibility index (Phi) is 3.52. The Bertz CT molecular complexity index is 399. The molecule has 1 heterocycles. The molecule has 0 saturated heterocycles. The smallest absolute Gasteiger partial charge is 0.256 e. The molecule has 0 aromatic carbocycles. The van der Waals surface area contributed by atoms with Crippen LogP contribution in [0.1, 0.15) is 6.92 Å². The van der Waals surface area contributed by atoms with Gasteiger partial charge < -0.3 is 0 Å². The summed E-state index contributed by atoms with van der Waals surface area (Å²) in [4.78, 5) is 0. The van der Waals surface area contributed by atoms with E-state index >= 15 is 0 Å². The number of sulfonamides is 1. The van der Waals surface area contributed by atoms with Gasteiger partial charge in [-0.1, -0.05) is 0 Å². The van der Waals surface area contributed by atoms with Gasteiger partial charge in [-0.15, -0.1) is 11.6 Å². The maximum Gasteiger partial charge on any atom is 0.257 e. The average molecular weight is 238 g/mol. The summed E-state index contributed by atoms with van der Waals surface area (Å²) in [5.41, 5.74) is 0. The summed E-state index contributed by atoms with van der Waals surface area (Å²) in [5.74, 6) is 0. The monoisotopic (exact) mass is 237 g/mol. The minimum absolute atomic E-state index is 0.134. The fraction of sp³-hybridized carbons (Fsp3) is 0.571. The minimum Gasteiger partial charge on any atom is -0.256 e. The number of aromatic nitrogens is 2. The van der Waals surface area contributed by atoms with E-state index in [-0.39, 0.29) is 16.9 Å². The molecule has 0 aliphatic rings. The van der Waals surface area contributed by atoms with E-state index in [1.54, 1.807) is 14.0 Å². The van der Waals surface area contributed by atoms with E-state index in [2.05, 4.69) is 9.82 Å². The molecule has 0 amide bonds. The van der Waals surface area contributed by atoms with Gasteiger partial charge in [0.2, 0.25) is 0 Å². The third kappa shape index (κ3) is 2.70. The van der Waals surface area contributed by atoms with Gasteiger partial charge in [0.15, 0.2) is 5.03 Å². The van der Waals surface area contributed by atoms with E-state index in [0.717, 1.165) is 0 Å². The zero-order chi connectivity index (χ0) is 10.8. The first-order chi connectivity index (χ1) is 6.43. The van der Waals surface area contributed by atoms with Gasteiger partial charge in [-0.25, -0.2) is 13.1 Å². The summed E-state index contributed by atoms with van der Waals surface area (Å²) in [6.07, 6.45) is 1.43. The number of hydrogen-bond donors (Lipinski definition) is 1. The Hall–Kier alpha value is -0.590. The van der Waals surface area contributed by atoms with E-state index < -0.39 is 10.0 Å². The SMILES string of the molecule is CC(Cl)CNS(=O)(=O)c1ccnn1C. The van der Waals surface area contributed by atoms with Gasteiger partial charge in [0.05, 0.1) is 6.20 Å². The van der Waals surface area contributed by atoms with Crippen LogP contribution in [-0.2, 0) is 17.1 Å². The van der Waals surface area contributed by atoms with E-state index in [4.69, 9.17) is 11.6 Å². The molecule has 1 aromatic heterocycles. The van der Waals surface area contributed by atoms with Crippen molar-refractivity contribution in [3.05, 3.63) is 12.3 Å². The molecular weight excluding hydrogens is 226 g/mol. The van der Waals surface area contributed by atoms with Crippen LogP contribution in [0, 0.1) is 0 Å². The van der Waals surface area contributed by atoms with Crippen molar-refractivity contribution in [2.45, 2.75) is 17.3 Å². The fourth-order valence-corrected chi connectivity index (χ4v) is 2.34. The van der Waals surface area contributed by atoms with Crippen LogP contribution in [0.25, 0.3) is 0 Å². The summed E-state index contributed by atoms with van der Waals surface area (Å²) < 4.78 is 26.8. The predicted octanol–water partition coefficient (Wildman–Crippen LogP) is 0.326. The first kappa shape index (κ1) is 11.5. The molecule has 0 aliphatic heterocycles. The van der Waals surface area contributed by atoms with Crippen molar-refractivity contribution < 1.29 is 8.42 Å². The first-order valence-electron chi connectivity index (χ1n) is 4.05. The molecule has 14 heavy (non-hydrogen) atoms. The van der Waals surface area contributed by atoms with E-state index in [9.17, 15) is 8.42 Å². The molecule has 0 fully saturated rings. The number of nitrogens with zero attached hydrogens (tertiary/aromatic N) is 2. The molecule has 1 rings (SSSR count). The van der Waals surface area contributed by atoms with Crippen molar-refractivity contribution in [3.63, 3.8) is 0 Å². The van der Waals surface area contributed by atoms with E-state index in [1.165, 1.54) is 16.9 Å². The van der Waals surface area contributed by atoms with Crippen molar-refractivity contribution in [2.24, 2.45) is 7.05 Å². The quantitative estimate of drug-likeness (QED) is 0.768. The lowest BCUT2D eigenvalue weighted by molar-refractivity contribution is 0.563. The molecule has 1 atom stereocenters. The summed E-state index contributed by atoms with van der Waals surface area (Å²) in [6.45, 7) is 1.92. The van der Waals surface area contributed by atoms with Crippen molar-refractivity contribution >= 4 is 21.6 Å². The van der Waals surface area contributed by atoms with Crippen LogP contribution in [0.5, 0.6) is 0 Å². The van der Waals surface area contributed by atoms with Crippen LogP contribution in [0.3, 0.4) is 0 Å². The largest absolute Gasteiger partial charge is 0.257 e. The number of rotatable bonds is 4. The Labute approximate surface area is 88.1 Å². The lowest BCUT2D eigenvalue weighted by atomic mass is 10.5. The Morgan fingerprint density at radius 3 is 2.79 bits per heavy atom. The predicted molar refractivity (Wildman–Crippen MR) is 53.7 cm³/mol. The van der Waals surface area contributed by atoms with Crippen molar-refractivity contribution in [3.8, 4) is 0 Å². The first-order valence-corrected chi connectivity index (χ1v) is 5.97. The van der Waals surface area contributed by atoms with Crippen LogP contribution in [-0.4, -0.2) is 30.1 Å². The highest BCUT2D eigenvalue weighted by molar-refractivity contribution is 7.89. The second-order valence-corrected chi connectivity index (χ2v) is 5.38. The van der Waals surface area contributed by atoms with Gasteiger partial charge in [-0.2, -0.15) is 5.10 Å². The second kappa shape index (κ2) is 4.29. The topological polar surface area (TPSA) is 64.0 Å². The summed E-state index contributed by atoms with van der Waals surface area (Å²) in [7, 11) is -1.91. The normalized spacial score (nSPS) is 14.2. The van der Waals surface area contributed by atoms with Crippen molar-refractivity contribution in [2.75, 3.05) is 6.54 Å². The van der Waals surface area contributed by atoms with Gasteiger partial charge in [0, 0.05) is 19.0 Å². The third-order valence-corrected chi connectivity index (χ3v) is 3.26. The highest BCUT2D eigenvalue weighted by Gasteiger charge is 2.17. The van der Waals surface area contributed by atoms with Crippen LogP contribution >= 0.6 is 11.6 Å². The maximum atomic E-state index is 11.6. The highest BCUT2D eigenvalue weighted by atomic mass is 35.5. The van der Waals surface area contributed by atoms with Gasteiger partial charge in [0.25, 0.3) is 10.0 Å². The average Bonchev–Trinajstić information content (AvgIpc) is 2.48. The number of alkyl halides is 1. The van der Waals surface area contributed by atoms with Crippen LogP contribution < -0.4 is 4.72 Å². The Balaban J connectivity index is 2.82. The zero-order valence-corrected chi connectivity index (χ0v) is 9.51. The third-order valence-electron chi connectivity index (χ3n) is 1.61. The van der Waals surface area contributed by atoms with Crippen LogP contribution in [0.4, 0.5) is 0 Å². The number of nitrogens with one attached hydrogen (secondary N) is 1. The standard InChI is InChI=1S/C7H12ClN3O2S/c1-6(8)5-10-14(12,13)7-3-4-9-11(7)2/h3-4,6,10H,5H2,1-2H3. The van der Waals surface area contributed by atoms with Gasteiger partial charge >= 0.3 is 0 Å². The van der Waals surface area contributed by atoms with Gasteiger partial charge in [-0.3, -0.25) is 4.68 Å². The molecular formula is C7H12ClN3O2S. The molecule has 80 valence electrons.